The molecule has 26 heavy (non-hydrogen) atoms. The maximum atomic E-state index is 12.2. The predicted octanol–water partition coefficient (Wildman–Crippen LogP) is 4.04. The summed E-state index contributed by atoms with van der Waals surface area (Å²) in [4.78, 5) is 24.2. The van der Waals surface area contributed by atoms with Crippen LogP contribution in [-0.4, -0.2) is 5.11 Å². The van der Waals surface area contributed by atoms with Gasteiger partial charge < -0.3 is 20.2 Å². The molecule has 1 fully saturated rings. The number of nitrogens with one attached hydrogen (secondary N) is 2. The molecule has 0 amide bonds. The lowest BCUT2D eigenvalue weighted by Gasteiger charge is -2.25. The molecule has 3 N–H and O–H groups in total. The molecule has 0 radical (unpaired) electrons. The van der Waals surface area contributed by atoms with Crippen LogP contribution in [0.4, 0.5) is 17.1 Å². The van der Waals surface area contributed by atoms with E-state index >= 15 is 0 Å². The molecule has 6 nitrogen and oxygen atoms in total. The average molecular weight is 372 g/mol. The molecule has 1 atom stereocenters. The van der Waals surface area contributed by atoms with Crippen molar-refractivity contribution in [3.63, 3.8) is 0 Å². The zero-order valence-corrected chi connectivity index (χ0v) is 15.2. The van der Waals surface area contributed by atoms with Crippen molar-refractivity contribution in [3.8, 4) is 5.75 Å². The fourth-order valence-corrected chi connectivity index (χ4v) is 4.29. The summed E-state index contributed by atoms with van der Waals surface area (Å²) >= 11 is 1.31. The van der Waals surface area contributed by atoms with Crippen molar-refractivity contribution in [2.75, 3.05) is 10.6 Å². The highest BCUT2D eigenvalue weighted by molar-refractivity contribution is 7.08. The average Bonchev–Trinajstić information content (AvgIpc) is 3.37. The molecule has 0 spiro atoms. The molecule has 1 aliphatic rings. The van der Waals surface area contributed by atoms with Crippen LogP contribution in [0, 0.1) is 12.8 Å². The zero-order valence-electron chi connectivity index (χ0n) is 14.4. The Morgan fingerprint density at radius 1 is 1.15 bits per heavy atom. The van der Waals surface area contributed by atoms with Gasteiger partial charge in [0.1, 0.15) is 28.6 Å². The number of anilines is 3. The molecule has 0 bridgehead atoms. The molecule has 136 valence electrons. The van der Waals surface area contributed by atoms with Gasteiger partial charge in [-0.2, -0.15) is 0 Å². The van der Waals surface area contributed by atoms with E-state index in [0.29, 0.717) is 11.6 Å². The van der Waals surface area contributed by atoms with Gasteiger partial charge in [0.2, 0.25) is 0 Å². The van der Waals surface area contributed by atoms with Gasteiger partial charge in [-0.25, -0.2) is 0 Å². The highest BCUT2D eigenvalue weighted by atomic mass is 32.1. The number of hydrogen-bond donors (Lipinski definition) is 3. The monoisotopic (exact) mass is 372 g/mol. The first kappa shape index (κ1) is 16.9. The Kier molecular flexibility index (Phi) is 4.32. The third-order valence-corrected chi connectivity index (χ3v) is 5.78. The lowest BCUT2D eigenvalue weighted by Crippen LogP contribution is -2.38. The van der Waals surface area contributed by atoms with Crippen molar-refractivity contribution < 1.29 is 9.52 Å². The number of hydrogen-bond acceptors (Lipinski definition) is 7. The summed E-state index contributed by atoms with van der Waals surface area (Å²) < 4.78 is 5.81. The first-order valence-electron chi connectivity index (χ1n) is 8.73. The molecule has 1 aromatic carbocycles. The summed E-state index contributed by atoms with van der Waals surface area (Å²) in [7, 11) is 0. The lowest BCUT2D eigenvalue weighted by atomic mass is 9.95. The van der Waals surface area contributed by atoms with E-state index in [4.69, 9.17) is 4.42 Å². The molecular formula is C19H20N2O4S. The number of thiophene rings is 1. The molecule has 2 heterocycles. The van der Waals surface area contributed by atoms with E-state index in [0.717, 1.165) is 37.2 Å². The molecule has 0 saturated heterocycles. The van der Waals surface area contributed by atoms with Gasteiger partial charge in [-0.05, 0) is 37.8 Å². The topological polar surface area (TPSA) is 91.6 Å². The van der Waals surface area contributed by atoms with Crippen molar-refractivity contribution in [1.29, 1.82) is 0 Å². The normalized spacial score (nSPS) is 16.2. The van der Waals surface area contributed by atoms with E-state index in [-0.39, 0.29) is 23.2 Å². The Bertz CT molecular complexity index is 990. The second kappa shape index (κ2) is 6.64. The van der Waals surface area contributed by atoms with Crippen LogP contribution in [0.2, 0.25) is 0 Å². The first-order chi connectivity index (χ1) is 12.5. The summed E-state index contributed by atoms with van der Waals surface area (Å²) in [6, 6.07) is 3.68. The lowest BCUT2D eigenvalue weighted by molar-refractivity contribution is 0.379. The van der Waals surface area contributed by atoms with Crippen LogP contribution in [0.25, 0.3) is 0 Å². The summed E-state index contributed by atoms with van der Waals surface area (Å²) in [5.74, 6) is 2.01. The summed E-state index contributed by atoms with van der Waals surface area (Å²) in [6.45, 7) is 1.89. The molecule has 1 aliphatic carbocycles. The second-order valence-corrected chi connectivity index (χ2v) is 7.56. The van der Waals surface area contributed by atoms with E-state index in [9.17, 15) is 14.7 Å². The predicted molar refractivity (Wildman–Crippen MR) is 102 cm³/mol. The van der Waals surface area contributed by atoms with E-state index < -0.39 is 10.9 Å². The Hall–Kier alpha value is -2.54. The number of aryl methyl sites for hydroxylation is 1. The molecule has 2 aromatic heterocycles. The smallest absolute Gasteiger partial charge is 0.253 e. The fraction of sp³-hybridized carbons (Fsp3) is 0.368. The number of rotatable bonds is 6. The molecule has 0 aliphatic heterocycles. The van der Waals surface area contributed by atoms with Gasteiger partial charge in [0.05, 0.1) is 11.7 Å². The van der Waals surface area contributed by atoms with Crippen molar-refractivity contribution >= 4 is 28.4 Å². The first-order valence-corrected chi connectivity index (χ1v) is 9.67. The largest absolute Gasteiger partial charge is 0.505 e. The maximum absolute atomic E-state index is 12.2. The van der Waals surface area contributed by atoms with Crippen LogP contribution in [0.15, 0.2) is 36.9 Å². The van der Waals surface area contributed by atoms with Crippen molar-refractivity contribution in [2.24, 2.45) is 5.92 Å². The maximum Gasteiger partial charge on any atom is 0.253 e. The van der Waals surface area contributed by atoms with Gasteiger partial charge in [-0.1, -0.05) is 12.8 Å². The Labute approximate surface area is 154 Å². The molecule has 1 unspecified atom stereocenters. The number of furan rings is 1. The third kappa shape index (κ3) is 2.92. The molecular weight excluding hydrogens is 352 g/mol. The van der Waals surface area contributed by atoms with Crippen molar-refractivity contribution in [2.45, 2.75) is 38.6 Å². The fourth-order valence-electron chi connectivity index (χ4n) is 3.66. The van der Waals surface area contributed by atoms with Gasteiger partial charge in [0.15, 0.2) is 0 Å². The third-order valence-electron chi connectivity index (χ3n) is 5.05. The van der Waals surface area contributed by atoms with E-state index in [1.54, 1.807) is 10.8 Å². The minimum absolute atomic E-state index is 0.0583. The summed E-state index contributed by atoms with van der Waals surface area (Å²) in [5, 5.41) is 19.2. The van der Waals surface area contributed by atoms with Crippen LogP contribution in [0.3, 0.4) is 0 Å². The molecule has 4 rings (SSSR count). The van der Waals surface area contributed by atoms with Crippen LogP contribution in [-0.2, 0) is 0 Å². The zero-order chi connectivity index (χ0) is 18.3. The minimum Gasteiger partial charge on any atom is -0.505 e. The van der Waals surface area contributed by atoms with Crippen LogP contribution < -0.4 is 21.5 Å². The summed E-state index contributed by atoms with van der Waals surface area (Å²) in [5.41, 5.74) is -0.203. The van der Waals surface area contributed by atoms with Gasteiger partial charge >= 0.3 is 0 Å². The van der Waals surface area contributed by atoms with Crippen LogP contribution in [0.1, 0.15) is 43.2 Å². The van der Waals surface area contributed by atoms with Crippen molar-refractivity contribution in [3.05, 3.63) is 54.9 Å². The van der Waals surface area contributed by atoms with Gasteiger partial charge in [-0.3, -0.25) is 9.59 Å². The Balaban J connectivity index is 1.64. The SMILES string of the molecule is Cc1ccc(C(Nc2c(Nc3cscc3O)c(=O)c2=O)C2CCCC2)o1. The highest BCUT2D eigenvalue weighted by Crippen LogP contribution is 2.39. The van der Waals surface area contributed by atoms with E-state index in [1.807, 2.05) is 19.1 Å². The second-order valence-electron chi connectivity index (χ2n) is 6.82. The van der Waals surface area contributed by atoms with Crippen LogP contribution >= 0.6 is 11.3 Å². The van der Waals surface area contributed by atoms with E-state index in [1.165, 1.54) is 11.3 Å². The Morgan fingerprint density at radius 2 is 1.88 bits per heavy atom. The Morgan fingerprint density at radius 3 is 2.50 bits per heavy atom. The quantitative estimate of drug-likeness (QED) is 0.566. The molecule has 3 aromatic rings. The molecule has 7 heteroatoms. The summed E-state index contributed by atoms with van der Waals surface area (Å²) in [6.07, 6.45) is 4.42. The standard InChI is InChI=1S/C19H20N2O4S/c1-10-6-7-14(25-10)15(11-4-2-3-5-11)21-17-16(18(23)19(17)24)20-12-8-26-9-13(12)22/h6-9,11,15,20-22H,2-5H2,1H3. The minimum atomic E-state index is -0.570. The van der Waals surface area contributed by atoms with Crippen molar-refractivity contribution in [1.82, 2.24) is 0 Å². The van der Waals surface area contributed by atoms with Gasteiger partial charge in [-0.15, -0.1) is 11.3 Å². The molecule has 1 saturated carbocycles. The van der Waals surface area contributed by atoms with E-state index in [2.05, 4.69) is 10.6 Å². The van der Waals surface area contributed by atoms with Gasteiger partial charge in [0, 0.05) is 10.8 Å². The van der Waals surface area contributed by atoms with Crippen LogP contribution in [0.5, 0.6) is 5.75 Å². The highest BCUT2D eigenvalue weighted by Gasteiger charge is 2.32. The van der Waals surface area contributed by atoms with Gasteiger partial charge in [0.25, 0.3) is 10.9 Å². The number of aromatic hydroxyl groups is 1.